The van der Waals surface area contributed by atoms with E-state index in [9.17, 15) is 0 Å². The van der Waals surface area contributed by atoms with Crippen molar-refractivity contribution in [1.29, 1.82) is 0 Å². The van der Waals surface area contributed by atoms with Gasteiger partial charge in [-0.2, -0.15) is 0 Å². The van der Waals surface area contributed by atoms with Gasteiger partial charge in [0.2, 0.25) is 0 Å². The Morgan fingerprint density at radius 3 is 2.35 bits per heavy atom. The summed E-state index contributed by atoms with van der Waals surface area (Å²) in [7, 11) is 1.72. The fraction of sp³-hybridized carbons (Fsp3) is 0.294. The molecule has 3 heteroatoms. The molecule has 1 aliphatic heterocycles. The van der Waals surface area contributed by atoms with Crippen molar-refractivity contribution in [1.82, 2.24) is 5.32 Å². The number of hydrogen-bond acceptors (Lipinski definition) is 3. The molecule has 0 amide bonds. The van der Waals surface area contributed by atoms with Crippen molar-refractivity contribution in [3.63, 3.8) is 0 Å². The van der Waals surface area contributed by atoms with E-state index < -0.39 is 0 Å². The Hall–Kier alpha value is -2.00. The Morgan fingerprint density at radius 1 is 0.950 bits per heavy atom. The first kappa shape index (κ1) is 13.0. The number of nitrogens with zero attached hydrogens (tertiary/aromatic N) is 1. The highest BCUT2D eigenvalue weighted by molar-refractivity contribution is 5.72. The summed E-state index contributed by atoms with van der Waals surface area (Å²) in [6.07, 6.45) is 0. The lowest BCUT2D eigenvalue weighted by atomic mass is 10.0. The normalized spacial score (nSPS) is 15.2. The average Bonchev–Trinajstić information content (AvgIpc) is 2.56. The SMILES string of the molecule is COc1ccccc1-c1ccc(N2CCNCC2)cc1. The Morgan fingerprint density at radius 2 is 1.65 bits per heavy atom. The molecule has 0 unspecified atom stereocenters. The molecule has 0 saturated carbocycles. The smallest absolute Gasteiger partial charge is 0.126 e. The number of methoxy groups -OCH3 is 1. The first-order valence-electron chi connectivity index (χ1n) is 7.07. The van der Waals surface area contributed by atoms with Crippen molar-refractivity contribution < 1.29 is 4.74 Å². The van der Waals surface area contributed by atoms with Crippen LogP contribution in [0.15, 0.2) is 48.5 Å². The van der Waals surface area contributed by atoms with Crippen LogP contribution in [-0.2, 0) is 0 Å². The number of nitrogens with one attached hydrogen (secondary N) is 1. The summed E-state index contributed by atoms with van der Waals surface area (Å²) in [5.74, 6) is 0.919. The highest BCUT2D eigenvalue weighted by Gasteiger charge is 2.11. The lowest BCUT2D eigenvalue weighted by Gasteiger charge is -2.29. The standard InChI is InChI=1S/C17H20N2O/c1-20-17-5-3-2-4-16(17)14-6-8-15(9-7-14)19-12-10-18-11-13-19/h2-9,18H,10-13H2,1H3. The van der Waals surface area contributed by atoms with Crippen LogP contribution in [-0.4, -0.2) is 33.3 Å². The van der Waals surface area contributed by atoms with E-state index in [1.54, 1.807) is 7.11 Å². The van der Waals surface area contributed by atoms with Gasteiger partial charge in [0.15, 0.2) is 0 Å². The van der Waals surface area contributed by atoms with E-state index in [4.69, 9.17) is 4.74 Å². The van der Waals surface area contributed by atoms with Gasteiger partial charge in [-0.1, -0.05) is 30.3 Å². The molecule has 0 atom stereocenters. The van der Waals surface area contributed by atoms with Gasteiger partial charge in [0.05, 0.1) is 7.11 Å². The molecule has 3 nitrogen and oxygen atoms in total. The van der Waals surface area contributed by atoms with Crippen molar-refractivity contribution in [2.24, 2.45) is 0 Å². The summed E-state index contributed by atoms with van der Waals surface area (Å²) >= 11 is 0. The number of rotatable bonds is 3. The molecule has 1 N–H and O–H groups in total. The molecule has 0 spiro atoms. The van der Waals surface area contributed by atoms with Crippen molar-refractivity contribution in [3.05, 3.63) is 48.5 Å². The summed E-state index contributed by atoms with van der Waals surface area (Å²) in [5.41, 5.74) is 3.63. The third-order valence-electron chi connectivity index (χ3n) is 3.77. The van der Waals surface area contributed by atoms with Gasteiger partial charge in [-0.25, -0.2) is 0 Å². The molecular formula is C17H20N2O. The molecule has 2 aromatic carbocycles. The van der Waals surface area contributed by atoms with E-state index in [0.717, 1.165) is 37.5 Å². The molecule has 0 bridgehead atoms. The number of ether oxygens (including phenoxy) is 1. The Labute approximate surface area is 120 Å². The zero-order valence-corrected chi connectivity index (χ0v) is 11.8. The summed E-state index contributed by atoms with van der Waals surface area (Å²) in [5, 5.41) is 3.38. The van der Waals surface area contributed by atoms with Gasteiger partial charge in [0.1, 0.15) is 5.75 Å². The molecule has 1 aliphatic rings. The Balaban J connectivity index is 1.85. The maximum absolute atomic E-state index is 5.43. The van der Waals surface area contributed by atoms with Crippen LogP contribution < -0.4 is 15.0 Å². The van der Waals surface area contributed by atoms with Crippen LogP contribution in [0.4, 0.5) is 5.69 Å². The topological polar surface area (TPSA) is 24.5 Å². The van der Waals surface area contributed by atoms with E-state index in [1.807, 2.05) is 18.2 Å². The van der Waals surface area contributed by atoms with Crippen molar-refractivity contribution in [2.45, 2.75) is 0 Å². The van der Waals surface area contributed by atoms with Crippen molar-refractivity contribution >= 4 is 5.69 Å². The number of para-hydroxylation sites is 1. The second-order valence-corrected chi connectivity index (χ2v) is 4.98. The summed E-state index contributed by atoms with van der Waals surface area (Å²) in [6, 6.07) is 16.9. The van der Waals surface area contributed by atoms with Crippen molar-refractivity contribution in [2.75, 3.05) is 38.2 Å². The molecule has 0 aromatic heterocycles. The highest BCUT2D eigenvalue weighted by Crippen LogP contribution is 2.30. The fourth-order valence-electron chi connectivity index (χ4n) is 2.66. The van der Waals surface area contributed by atoms with Crippen LogP contribution in [0, 0.1) is 0 Å². The number of anilines is 1. The van der Waals surface area contributed by atoms with E-state index in [0.29, 0.717) is 0 Å². The quantitative estimate of drug-likeness (QED) is 0.926. The van der Waals surface area contributed by atoms with Gasteiger partial charge in [-0.15, -0.1) is 0 Å². The average molecular weight is 268 g/mol. The lowest BCUT2D eigenvalue weighted by Crippen LogP contribution is -2.43. The number of benzene rings is 2. The van der Waals surface area contributed by atoms with Crippen LogP contribution in [0.2, 0.25) is 0 Å². The highest BCUT2D eigenvalue weighted by atomic mass is 16.5. The molecule has 1 heterocycles. The van der Waals surface area contributed by atoms with Gasteiger partial charge in [0, 0.05) is 37.4 Å². The molecule has 1 fully saturated rings. The molecule has 3 rings (SSSR count). The molecular weight excluding hydrogens is 248 g/mol. The van der Waals surface area contributed by atoms with Crippen LogP contribution in [0.5, 0.6) is 5.75 Å². The molecule has 104 valence electrons. The third kappa shape index (κ3) is 2.63. The zero-order chi connectivity index (χ0) is 13.8. The Kier molecular flexibility index (Phi) is 3.88. The van der Waals surface area contributed by atoms with Gasteiger partial charge in [0.25, 0.3) is 0 Å². The minimum Gasteiger partial charge on any atom is -0.496 e. The second kappa shape index (κ2) is 5.97. The molecule has 0 aliphatic carbocycles. The summed E-state index contributed by atoms with van der Waals surface area (Å²) in [4.78, 5) is 2.42. The molecule has 0 radical (unpaired) electrons. The van der Waals surface area contributed by atoms with E-state index in [-0.39, 0.29) is 0 Å². The van der Waals surface area contributed by atoms with Gasteiger partial charge in [-0.3, -0.25) is 0 Å². The third-order valence-corrected chi connectivity index (χ3v) is 3.77. The maximum atomic E-state index is 5.43. The molecule has 2 aromatic rings. The van der Waals surface area contributed by atoms with Gasteiger partial charge in [-0.05, 0) is 23.8 Å². The summed E-state index contributed by atoms with van der Waals surface area (Å²) in [6.45, 7) is 4.28. The molecule has 20 heavy (non-hydrogen) atoms. The first-order chi connectivity index (χ1) is 9.88. The summed E-state index contributed by atoms with van der Waals surface area (Å²) < 4.78 is 5.43. The number of hydrogen-bond donors (Lipinski definition) is 1. The second-order valence-electron chi connectivity index (χ2n) is 4.98. The van der Waals surface area contributed by atoms with Crippen LogP contribution in [0.3, 0.4) is 0 Å². The largest absolute Gasteiger partial charge is 0.496 e. The van der Waals surface area contributed by atoms with Gasteiger partial charge < -0.3 is 15.0 Å². The monoisotopic (exact) mass is 268 g/mol. The Bertz CT molecular complexity index is 559. The van der Waals surface area contributed by atoms with E-state index >= 15 is 0 Å². The van der Waals surface area contributed by atoms with Crippen LogP contribution in [0.25, 0.3) is 11.1 Å². The fourth-order valence-corrected chi connectivity index (χ4v) is 2.66. The minimum atomic E-state index is 0.919. The zero-order valence-electron chi connectivity index (χ0n) is 11.8. The van der Waals surface area contributed by atoms with Gasteiger partial charge >= 0.3 is 0 Å². The van der Waals surface area contributed by atoms with E-state index in [1.165, 1.54) is 11.3 Å². The van der Waals surface area contributed by atoms with Crippen LogP contribution in [0.1, 0.15) is 0 Å². The number of piperazine rings is 1. The minimum absolute atomic E-state index is 0.919. The van der Waals surface area contributed by atoms with Crippen LogP contribution >= 0.6 is 0 Å². The predicted octanol–water partition coefficient (Wildman–Crippen LogP) is 2.77. The van der Waals surface area contributed by atoms with E-state index in [2.05, 4.69) is 40.5 Å². The van der Waals surface area contributed by atoms with Crippen molar-refractivity contribution in [3.8, 4) is 16.9 Å². The maximum Gasteiger partial charge on any atom is 0.126 e. The lowest BCUT2D eigenvalue weighted by molar-refractivity contribution is 0.416. The predicted molar refractivity (Wildman–Crippen MR) is 83.5 cm³/mol. The molecule has 1 saturated heterocycles. The first-order valence-corrected chi connectivity index (χ1v) is 7.07.